The summed E-state index contributed by atoms with van der Waals surface area (Å²) in [6.45, 7) is 5.45. The zero-order valence-corrected chi connectivity index (χ0v) is 11.1. The summed E-state index contributed by atoms with van der Waals surface area (Å²) in [6.07, 6.45) is 8.65. The number of nitrogens with one attached hydrogen (secondary N) is 1. The lowest BCUT2D eigenvalue weighted by atomic mass is 9.66. The zero-order valence-electron chi connectivity index (χ0n) is 11.1. The molecule has 0 bridgehead atoms. The van der Waals surface area contributed by atoms with E-state index in [-0.39, 0.29) is 5.54 Å². The summed E-state index contributed by atoms with van der Waals surface area (Å²) in [5.41, 5.74) is 0.324. The van der Waals surface area contributed by atoms with Crippen molar-refractivity contribution in [1.82, 2.24) is 10.2 Å². The molecule has 3 rings (SSSR count). The summed E-state index contributed by atoms with van der Waals surface area (Å²) >= 11 is 0. The van der Waals surface area contributed by atoms with Gasteiger partial charge in [-0.15, -0.1) is 0 Å². The lowest BCUT2D eigenvalue weighted by Crippen LogP contribution is -2.47. The predicted octanol–water partition coefficient (Wildman–Crippen LogP) is 2.27. The van der Waals surface area contributed by atoms with E-state index in [9.17, 15) is 4.79 Å². The molecule has 3 heteroatoms. The minimum absolute atomic E-state index is 0.126. The molecule has 3 fully saturated rings. The van der Waals surface area contributed by atoms with E-state index in [4.69, 9.17) is 0 Å². The maximum atomic E-state index is 12.5. The number of amides is 1. The van der Waals surface area contributed by atoms with Crippen LogP contribution in [0.3, 0.4) is 0 Å². The number of nitrogens with zero attached hydrogens (tertiary/aromatic N) is 1. The van der Waals surface area contributed by atoms with Crippen LogP contribution in [0.25, 0.3) is 0 Å². The van der Waals surface area contributed by atoms with E-state index >= 15 is 0 Å². The second kappa shape index (κ2) is 3.71. The summed E-state index contributed by atoms with van der Waals surface area (Å²) in [4.78, 5) is 14.6. The predicted molar refractivity (Wildman–Crippen MR) is 67.5 cm³/mol. The topological polar surface area (TPSA) is 32.3 Å². The molecule has 1 N–H and O–H groups in total. The maximum absolute atomic E-state index is 12.5. The molecule has 0 aromatic carbocycles. The summed E-state index contributed by atoms with van der Waals surface area (Å²) in [6, 6.07) is 0. The van der Waals surface area contributed by atoms with Gasteiger partial charge in [0.2, 0.25) is 5.91 Å². The first-order chi connectivity index (χ1) is 8.15. The van der Waals surface area contributed by atoms with E-state index < -0.39 is 0 Å². The van der Waals surface area contributed by atoms with Crippen molar-refractivity contribution in [2.45, 2.75) is 70.5 Å². The summed E-state index contributed by atoms with van der Waals surface area (Å²) < 4.78 is 0. The van der Waals surface area contributed by atoms with Gasteiger partial charge in [-0.05, 0) is 43.9 Å². The van der Waals surface area contributed by atoms with Crippen LogP contribution in [0.2, 0.25) is 0 Å². The fourth-order valence-electron chi connectivity index (χ4n) is 3.52. The van der Waals surface area contributed by atoms with Crippen LogP contribution in [0.15, 0.2) is 0 Å². The lowest BCUT2D eigenvalue weighted by molar-refractivity contribution is -0.133. The number of hydrogen-bond donors (Lipinski definition) is 1. The van der Waals surface area contributed by atoms with Gasteiger partial charge in [0.15, 0.2) is 0 Å². The van der Waals surface area contributed by atoms with Gasteiger partial charge >= 0.3 is 0 Å². The summed E-state index contributed by atoms with van der Waals surface area (Å²) in [7, 11) is 0. The third kappa shape index (κ3) is 1.62. The van der Waals surface area contributed by atoms with Crippen LogP contribution in [-0.4, -0.2) is 29.1 Å². The maximum Gasteiger partial charge on any atom is 0.244 e. The second-order valence-corrected chi connectivity index (χ2v) is 6.29. The Bertz CT molecular complexity index is 326. The highest BCUT2D eigenvalue weighted by atomic mass is 16.2. The minimum Gasteiger partial charge on any atom is -0.325 e. The van der Waals surface area contributed by atoms with Crippen molar-refractivity contribution in [2.75, 3.05) is 6.54 Å². The first kappa shape index (κ1) is 11.5. The fourth-order valence-corrected chi connectivity index (χ4v) is 3.52. The minimum atomic E-state index is -0.126. The van der Waals surface area contributed by atoms with Gasteiger partial charge in [-0.25, -0.2) is 0 Å². The van der Waals surface area contributed by atoms with Crippen molar-refractivity contribution in [2.24, 2.45) is 5.41 Å². The molecule has 0 aromatic heterocycles. The lowest BCUT2D eigenvalue weighted by Gasteiger charge is -2.45. The largest absolute Gasteiger partial charge is 0.325 e. The molecule has 1 aliphatic heterocycles. The average molecular weight is 236 g/mol. The molecule has 3 aliphatic rings. The highest BCUT2D eigenvalue weighted by Crippen LogP contribution is 2.48. The van der Waals surface area contributed by atoms with Crippen molar-refractivity contribution in [3.63, 3.8) is 0 Å². The molecule has 2 aliphatic carbocycles. The third-order valence-electron chi connectivity index (χ3n) is 5.30. The molecule has 1 saturated heterocycles. The molecular formula is C14H24N2O. The van der Waals surface area contributed by atoms with Crippen LogP contribution in [0, 0.1) is 5.41 Å². The van der Waals surface area contributed by atoms with Gasteiger partial charge in [0.1, 0.15) is 0 Å². The first-order valence-corrected chi connectivity index (χ1v) is 7.23. The molecule has 96 valence electrons. The molecule has 1 heterocycles. The molecule has 2 saturated carbocycles. The van der Waals surface area contributed by atoms with E-state index in [2.05, 4.69) is 24.1 Å². The zero-order chi connectivity index (χ0) is 12.1. The average Bonchev–Trinajstić information content (AvgIpc) is 3.01. The number of rotatable bonds is 4. The molecule has 0 aromatic rings. The van der Waals surface area contributed by atoms with Gasteiger partial charge in [0, 0.05) is 6.54 Å². The number of carbonyl (C=O) groups is 1. The van der Waals surface area contributed by atoms with E-state index in [1.165, 1.54) is 25.7 Å². The van der Waals surface area contributed by atoms with Gasteiger partial charge in [0.25, 0.3) is 0 Å². The number of hydrogen-bond acceptors (Lipinski definition) is 2. The van der Waals surface area contributed by atoms with Crippen LogP contribution in [-0.2, 0) is 4.79 Å². The van der Waals surface area contributed by atoms with Crippen molar-refractivity contribution in [3.05, 3.63) is 0 Å². The van der Waals surface area contributed by atoms with Crippen molar-refractivity contribution < 1.29 is 4.79 Å². The molecule has 0 radical (unpaired) electrons. The van der Waals surface area contributed by atoms with Gasteiger partial charge in [0.05, 0.1) is 11.7 Å². The SMILES string of the molecule is CCC1NC2(CC2)C(=O)N1CC1(CC)CCC1. The Balaban J connectivity index is 1.74. The van der Waals surface area contributed by atoms with Crippen LogP contribution in [0.5, 0.6) is 0 Å². The van der Waals surface area contributed by atoms with Crippen LogP contribution in [0.1, 0.15) is 58.8 Å². The Morgan fingerprint density at radius 1 is 1.29 bits per heavy atom. The summed E-state index contributed by atoms with van der Waals surface area (Å²) in [5.74, 6) is 0.393. The van der Waals surface area contributed by atoms with Gasteiger partial charge in [-0.1, -0.05) is 20.3 Å². The Hall–Kier alpha value is -0.570. The Labute approximate surface area is 104 Å². The van der Waals surface area contributed by atoms with Gasteiger partial charge in [-0.3, -0.25) is 10.1 Å². The van der Waals surface area contributed by atoms with E-state index in [0.29, 0.717) is 17.5 Å². The Morgan fingerprint density at radius 3 is 2.41 bits per heavy atom. The standard InChI is InChI=1S/C14H24N2O/c1-3-11-15-14(8-9-14)12(17)16(11)10-13(4-2)6-5-7-13/h11,15H,3-10H2,1-2H3. The molecular weight excluding hydrogens is 212 g/mol. The second-order valence-electron chi connectivity index (χ2n) is 6.29. The molecule has 1 atom stereocenters. The molecule has 1 unspecified atom stereocenters. The molecule has 1 amide bonds. The number of carbonyl (C=O) groups excluding carboxylic acids is 1. The van der Waals surface area contributed by atoms with Crippen LogP contribution >= 0.6 is 0 Å². The normalized spacial score (nSPS) is 32.9. The highest BCUT2D eigenvalue weighted by molar-refractivity contribution is 5.91. The first-order valence-electron chi connectivity index (χ1n) is 7.23. The Morgan fingerprint density at radius 2 is 2.00 bits per heavy atom. The third-order valence-corrected chi connectivity index (χ3v) is 5.30. The van der Waals surface area contributed by atoms with E-state index in [0.717, 1.165) is 25.8 Å². The smallest absolute Gasteiger partial charge is 0.244 e. The quantitative estimate of drug-likeness (QED) is 0.812. The van der Waals surface area contributed by atoms with Crippen molar-refractivity contribution >= 4 is 5.91 Å². The molecule has 3 nitrogen and oxygen atoms in total. The fraction of sp³-hybridized carbons (Fsp3) is 0.929. The van der Waals surface area contributed by atoms with Crippen LogP contribution < -0.4 is 5.32 Å². The van der Waals surface area contributed by atoms with Gasteiger partial charge < -0.3 is 4.90 Å². The molecule has 17 heavy (non-hydrogen) atoms. The van der Waals surface area contributed by atoms with Crippen molar-refractivity contribution in [3.8, 4) is 0 Å². The monoisotopic (exact) mass is 236 g/mol. The van der Waals surface area contributed by atoms with Gasteiger partial charge in [-0.2, -0.15) is 0 Å². The Kier molecular flexibility index (Phi) is 2.51. The molecule has 1 spiro atoms. The highest BCUT2D eigenvalue weighted by Gasteiger charge is 2.59. The van der Waals surface area contributed by atoms with Crippen molar-refractivity contribution in [1.29, 1.82) is 0 Å². The van der Waals surface area contributed by atoms with E-state index in [1.54, 1.807) is 0 Å². The van der Waals surface area contributed by atoms with E-state index in [1.807, 2.05) is 0 Å². The van der Waals surface area contributed by atoms with Crippen LogP contribution in [0.4, 0.5) is 0 Å². The summed E-state index contributed by atoms with van der Waals surface area (Å²) in [5, 5.41) is 3.56.